The predicted octanol–water partition coefficient (Wildman–Crippen LogP) is 3.51. The normalized spacial score (nSPS) is 14.5. The lowest BCUT2D eigenvalue weighted by molar-refractivity contribution is 0.0900. The zero-order valence-electron chi connectivity index (χ0n) is 13.5. The molecule has 3 rings (SSSR count). The monoisotopic (exact) mass is 380 g/mol. The first kappa shape index (κ1) is 17.6. The van der Waals surface area contributed by atoms with Crippen molar-refractivity contribution < 1.29 is 19.1 Å². The zero-order valence-corrected chi connectivity index (χ0v) is 15.1. The molecule has 0 bridgehead atoms. The number of halogens is 1. The van der Waals surface area contributed by atoms with Crippen molar-refractivity contribution in [3.05, 3.63) is 51.2 Å². The summed E-state index contributed by atoms with van der Waals surface area (Å²) in [7, 11) is 1.48. The third-order valence-corrected chi connectivity index (χ3v) is 5.13. The summed E-state index contributed by atoms with van der Waals surface area (Å²) in [6.07, 6.45) is 1.18. The number of ether oxygens (including phenoxy) is 2. The Kier molecular flexibility index (Phi) is 5.15. The van der Waals surface area contributed by atoms with Crippen LogP contribution in [0.25, 0.3) is 0 Å². The van der Waals surface area contributed by atoms with E-state index in [0.717, 1.165) is 18.4 Å². The van der Waals surface area contributed by atoms with Crippen LogP contribution < -0.4 is 15.6 Å². The molecule has 0 spiro atoms. The molecular formula is C17H17ClN2O4S. The first-order valence-electron chi connectivity index (χ1n) is 7.63. The van der Waals surface area contributed by atoms with Gasteiger partial charge in [0.15, 0.2) is 0 Å². The van der Waals surface area contributed by atoms with Crippen molar-refractivity contribution >= 4 is 34.9 Å². The summed E-state index contributed by atoms with van der Waals surface area (Å²) in [6.45, 7) is 0.248. The number of hydrogen-bond donors (Lipinski definition) is 2. The molecule has 0 saturated heterocycles. The summed E-state index contributed by atoms with van der Waals surface area (Å²) in [5.41, 5.74) is 5.86. The number of thiophene rings is 1. The highest BCUT2D eigenvalue weighted by atomic mass is 35.5. The second-order valence-corrected chi connectivity index (χ2v) is 6.98. The van der Waals surface area contributed by atoms with E-state index in [-0.39, 0.29) is 12.0 Å². The molecule has 0 unspecified atom stereocenters. The average molecular weight is 381 g/mol. The molecule has 0 atom stereocenters. The molecule has 1 heterocycles. The lowest BCUT2D eigenvalue weighted by Gasteiger charge is -2.16. The predicted molar refractivity (Wildman–Crippen MR) is 95.2 cm³/mol. The fourth-order valence-corrected chi connectivity index (χ4v) is 3.39. The molecule has 2 amide bonds. The number of hydrogen-bond acceptors (Lipinski definition) is 5. The minimum absolute atomic E-state index is 0.150. The van der Waals surface area contributed by atoms with Crippen molar-refractivity contribution in [1.29, 1.82) is 0 Å². The van der Waals surface area contributed by atoms with Gasteiger partial charge in [-0.25, -0.2) is 10.2 Å². The zero-order chi connectivity index (χ0) is 17.9. The van der Waals surface area contributed by atoms with Gasteiger partial charge in [-0.15, -0.1) is 11.3 Å². The van der Waals surface area contributed by atoms with Crippen molar-refractivity contribution in [2.45, 2.75) is 18.3 Å². The molecule has 1 fully saturated rings. The first-order valence-corrected chi connectivity index (χ1v) is 8.95. The van der Waals surface area contributed by atoms with Crippen molar-refractivity contribution in [3.8, 4) is 5.75 Å². The van der Waals surface area contributed by atoms with E-state index in [1.807, 2.05) is 24.3 Å². The molecule has 1 saturated carbocycles. The minimum Gasteiger partial charge on any atom is -0.495 e. The smallest absolute Gasteiger partial charge is 0.426 e. The van der Waals surface area contributed by atoms with Gasteiger partial charge in [0.25, 0.3) is 5.91 Å². The van der Waals surface area contributed by atoms with Crippen LogP contribution in [0.5, 0.6) is 5.75 Å². The molecule has 25 heavy (non-hydrogen) atoms. The molecule has 0 aliphatic heterocycles. The summed E-state index contributed by atoms with van der Waals surface area (Å²) < 4.78 is 10.3. The molecule has 6 nitrogen and oxygen atoms in total. The maximum atomic E-state index is 12.0. The van der Waals surface area contributed by atoms with Gasteiger partial charge in [0.2, 0.25) is 0 Å². The molecule has 1 aromatic heterocycles. The van der Waals surface area contributed by atoms with Crippen molar-refractivity contribution in [2.24, 2.45) is 0 Å². The first-order chi connectivity index (χ1) is 12.0. The molecule has 8 heteroatoms. The van der Waals surface area contributed by atoms with E-state index in [1.165, 1.54) is 18.4 Å². The number of carbonyl (C=O) groups is 2. The van der Waals surface area contributed by atoms with Gasteiger partial charge < -0.3 is 9.47 Å². The van der Waals surface area contributed by atoms with Crippen LogP contribution in [0.15, 0.2) is 35.0 Å². The Balaban J connectivity index is 1.48. The number of nitrogens with one attached hydrogen (secondary N) is 2. The standard InChI is InChI=1S/C17H17ClN2O4S/c1-23-14-9-25-8-13(14)15(21)19-20-16(22)24-10-17(6-7-17)11-2-4-12(18)5-3-11/h2-5,8-9H,6-7,10H2,1H3,(H,19,21)(H,20,22). The fourth-order valence-electron chi connectivity index (χ4n) is 2.49. The Hall–Kier alpha value is -2.25. The van der Waals surface area contributed by atoms with Crippen LogP contribution in [0.4, 0.5) is 4.79 Å². The van der Waals surface area contributed by atoms with Gasteiger partial charge in [0.05, 0.1) is 12.7 Å². The van der Waals surface area contributed by atoms with Gasteiger partial charge in [0.1, 0.15) is 12.4 Å². The van der Waals surface area contributed by atoms with Gasteiger partial charge in [-0.2, -0.15) is 0 Å². The van der Waals surface area contributed by atoms with Crippen LogP contribution in [0.2, 0.25) is 5.02 Å². The Bertz CT molecular complexity index is 771. The summed E-state index contributed by atoms with van der Waals surface area (Å²) in [5.74, 6) is -0.00812. The number of carbonyl (C=O) groups excluding carboxylic acids is 2. The number of methoxy groups -OCH3 is 1. The van der Waals surface area contributed by atoms with Gasteiger partial charge >= 0.3 is 6.09 Å². The molecule has 2 N–H and O–H groups in total. The van der Waals surface area contributed by atoms with E-state index in [0.29, 0.717) is 16.3 Å². The van der Waals surface area contributed by atoms with Crippen molar-refractivity contribution in [1.82, 2.24) is 10.9 Å². The summed E-state index contributed by atoms with van der Waals surface area (Å²) >= 11 is 7.24. The number of amides is 2. The molecule has 132 valence electrons. The van der Waals surface area contributed by atoms with E-state index in [2.05, 4.69) is 10.9 Å². The van der Waals surface area contributed by atoms with Gasteiger partial charge in [-0.3, -0.25) is 10.2 Å². The van der Waals surface area contributed by atoms with Crippen molar-refractivity contribution in [2.75, 3.05) is 13.7 Å². The lowest BCUT2D eigenvalue weighted by Crippen LogP contribution is -2.42. The minimum atomic E-state index is -0.706. The van der Waals surface area contributed by atoms with E-state index in [1.54, 1.807) is 10.8 Å². The SMILES string of the molecule is COc1cscc1C(=O)NNC(=O)OCC1(c2ccc(Cl)cc2)CC1. The summed E-state index contributed by atoms with van der Waals surface area (Å²) in [4.78, 5) is 23.8. The maximum Gasteiger partial charge on any atom is 0.426 e. The molecule has 1 aliphatic carbocycles. The number of hydrazine groups is 1. The van der Waals surface area contributed by atoms with Gasteiger partial charge in [-0.1, -0.05) is 23.7 Å². The average Bonchev–Trinajstić information content (AvgIpc) is 3.26. The highest BCUT2D eigenvalue weighted by molar-refractivity contribution is 7.08. The van der Waals surface area contributed by atoms with Crippen LogP contribution in [0.1, 0.15) is 28.8 Å². The second kappa shape index (κ2) is 7.33. The topological polar surface area (TPSA) is 76.7 Å². The quantitative estimate of drug-likeness (QED) is 0.778. The van der Waals surface area contributed by atoms with Gasteiger partial charge in [-0.05, 0) is 30.5 Å². The van der Waals surface area contributed by atoms with Gasteiger partial charge in [0, 0.05) is 21.2 Å². The third-order valence-electron chi connectivity index (χ3n) is 4.16. The largest absolute Gasteiger partial charge is 0.495 e. The number of rotatable bonds is 5. The third kappa shape index (κ3) is 4.05. The fraction of sp³-hybridized carbons (Fsp3) is 0.294. The Morgan fingerprint density at radius 1 is 1.20 bits per heavy atom. The molecular weight excluding hydrogens is 364 g/mol. The highest BCUT2D eigenvalue weighted by Crippen LogP contribution is 2.48. The summed E-state index contributed by atoms with van der Waals surface area (Å²) in [5, 5.41) is 4.02. The van der Waals surface area contributed by atoms with Crippen molar-refractivity contribution in [3.63, 3.8) is 0 Å². The molecule has 2 aromatic rings. The van der Waals surface area contributed by atoms with E-state index in [4.69, 9.17) is 21.1 Å². The maximum absolute atomic E-state index is 12.0. The lowest BCUT2D eigenvalue weighted by atomic mass is 9.97. The Morgan fingerprint density at radius 3 is 2.56 bits per heavy atom. The van der Waals surface area contributed by atoms with E-state index < -0.39 is 12.0 Å². The summed E-state index contributed by atoms with van der Waals surface area (Å²) in [6, 6.07) is 7.54. The number of benzene rings is 1. The molecule has 0 radical (unpaired) electrons. The molecule has 1 aromatic carbocycles. The van der Waals surface area contributed by atoms with Crippen LogP contribution >= 0.6 is 22.9 Å². The highest BCUT2D eigenvalue weighted by Gasteiger charge is 2.45. The van der Waals surface area contributed by atoms with E-state index >= 15 is 0 Å². The van der Waals surface area contributed by atoms with Crippen LogP contribution in [-0.2, 0) is 10.2 Å². The van der Waals surface area contributed by atoms with Crippen LogP contribution in [0.3, 0.4) is 0 Å². The van der Waals surface area contributed by atoms with Crippen LogP contribution in [-0.4, -0.2) is 25.7 Å². The van der Waals surface area contributed by atoms with E-state index in [9.17, 15) is 9.59 Å². The Morgan fingerprint density at radius 2 is 1.92 bits per heavy atom. The van der Waals surface area contributed by atoms with Crippen LogP contribution in [0, 0.1) is 0 Å². The Labute approximate surface area is 154 Å². The second-order valence-electron chi connectivity index (χ2n) is 5.80. The molecule has 1 aliphatic rings.